The predicted molar refractivity (Wildman–Crippen MR) is 85.7 cm³/mol. The molecule has 0 aliphatic rings. The maximum atomic E-state index is 8.71. The van der Waals surface area contributed by atoms with E-state index in [9.17, 15) is 0 Å². The van der Waals surface area contributed by atoms with Crippen molar-refractivity contribution >= 4 is 21.6 Å². The Bertz CT molecular complexity index is 623. The van der Waals surface area contributed by atoms with Crippen LogP contribution in [0, 0.1) is 11.3 Å². The second kappa shape index (κ2) is 7.55. The second-order valence-electron chi connectivity index (χ2n) is 4.29. The Hall–Kier alpha value is -2.19. The van der Waals surface area contributed by atoms with Crippen LogP contribution in [-0.2, 0) is 6.54 Å². The van der Waals surface area contributed by atoms with Gasteiger partial charge in [0.25, 0.3) is 0 Å². The second-order valence-corrected chi connectivity index (χ2v) is 5.12. The first-order valence-electron chi connectivity index (χ1n) is 6.38. The quantitative estimate of drug-likeness (QED) is 0.805. The Morgan fingerprint density at radius 2 is 1.95 bits per heavy atom. The molecule has 5 heteroatoms. The van der Waals surface area contributed by atoms with E-state index in [1.54, 1.807) is 7.11 Å². The summed E-state index contributed by atoms with van der Waals surface area (Å²) in [4.78, 5) is 0. The molecule has 1 atom stereocenters. The topological polar surface area (TPSA) is 54.3 Å². The fourth-order valence-corrected chi connectivity index (χ4v) is 1.99. The lowest BCUT2D eigenvalue weighted by atomic mass is 10.2. The van der Waals surface area contributed by atoms with Crippen molar-refractivity contribution in [1.82, 2.24) is 0 Å². The highest BCUT2D eigenvalue weighted by molar-refractivity contribution is 9.09. The van der Waals surface area contributed by atoms with Crippen molar-refractivity contribution in [3.63, 3.8) is 0 Å². The first-order valence-corrected chi connectivity index (χ1v) is 7.30. The van der Waals surface area contributed by atoms with E-state index in [4.69, 9.17) is 14.7 Å². The predicted octanol–water partition coefficient (Wildman–Crippen LogP) is 3.93. The van der Waals surface area contributed by atoms with Crippen molar-refractivity contribution in [1.29, 1.82) is 5.26 Å². The minimum Gasteiger partial charge on any atom is -0.497 e. The molecule has 0 bridgehead atoms. The van der Waals surface area contributed by atoms with Crippen LogP contribution in [0.4, 0.5) is 5.69 Å². The van der Waals surface area contributed by atoms with Crippen molar-refractivity contribution in [2.75, 3.05) is 12.4 Å². The standard InChI is InChI=1S/C16H15BrN2O2/c1-20-14-7-5-12(6-8-14)11-19-13-3-2-4-15(9-13)21-16(17)10-18/h2-9,16,19H,11H2,1H3. The average Bonchev–Trinajstić information content (AvgIpc) is 2.53. The average molecular weight is 347 g/mol. The van der Waals surface area contributed by atoms with Crippen LogP contribution < -0.4 is 14.8 Å². The molecular formula is C16H15BrN2O2. The van der Waals surface area contributed by atoms with E-state index in [2.05, 4.69) is 21.2 Å². The van der Waals surface area contributed by atoms with Crippen molar-refractivity contribution in [2.45, 2.75) is 11.6 Å². The van der Waals surface area contributed by atoms with Gasteiger partial charge in [-0.2, -0.15) is 5.26 Å². The molecule has 0 aromatic heterocycles. The smallest absolute Gasteiger partial charge is 0.238 e. The van der Waals surface area contributed by atoms with Gasteiger partial charge in [0.1, 0.15) is 17.6 Å². The van der Waals surface area contributed by atoms with E-state index in [0.717, 1.165) is 17.0 Å². The SMILES string of the molecule is COc1ccc(CNc2cccc(OC(Br)C#N)c2)cc1. The van der Waals surface area contributed by atoms with Gasteiger partial charge in [0, 0.05) is 18.3 Å². The molecule has 0 amide bonds. The Balaban J connectivity index is 1.96. The first-order chi connectivity index (χ1) is 10.2. The molecule has 0 fully saturated rings. The third-order valence-electron chi connectivity index (χ3n) is 2.83. The summed E-state index contributed by atoms with van der Waals surface area (Å²) in [5.74, 6) is 1.48. The van der Waals surface area contributed by atoms with E-state index in [-0.39, 0.29) is 0 Å². The van der Waals surface area contributed by atoms with Gasteiger partial charge in [-0.3, -0.25) is 0 Å². The zero-order valence-electron chi connectivity index (χ0n) is 11.5. The van der Waals surface area contributed by atoms with Gasteiger partial charge in [0.15, 0.2) is 0 Å². The zero-order chi connectivity index (χ0) is 15.1. The number of hydrogen-bond acceptors (Lipinski definition) is 4. The number of nitrogens with one attached hydrogen (secondary N) is 1. The van der Waals surface area contributed by atoms with E-state index in [1.165, 1.54) is 0 Å². The van der Waals surface area contributed by atoms with Gasteiger partial charge in [-0.15, -0.1) is 0 Å². The van der Waals surface area contributed by atoms with E-state index in [0.29, 0.717) is 12.3 Å². The number of nitriles is 1. The summed E-state index contributed by atoms with van der Waals surface area (Å²) in [6.07, 6.45) is 0. The van der Waals surface area contributed by atoms with Crippen molar-refractivity contribution in [2.24, 2.45) is 0 Å². The van der Waals surface area contributed by atoms with Crippen LogP contribution >= 0.6 is 15.9 Å². The van der Waals surface area contributed by atoms with Gasteiger partial charge in [0.2, 0.25) is 5.01 Å². The highest BCUT2D eigenvalue weighted by Gasteiger charge is 2.04. The van der Waals surface area contributed by atoms with Crippen LogP contribution in [-0.4, -0.2) is 12.1 Å². The summed E-state index contributed by atoms with van der Waals surface area (Å²) in [7, 11) is 1.65. The van der Waals surface area contributed by atoms with Gasteiger partial charge in [0.05, 0.1) is 7.11 Å². The Kier molecular flexibility index (Phi) is 5.47. The molecule has 0 aliphatic carbocycles. The highest BCUT2D eigenvalue weighted by Crippen LogP contribution is 2.20. The normalized spacial score (nSPS) is 11.3. The molecule has 0 spiro atoms. The summed E-state index contributed by atoms with van der Waals surface area (Å²) in [5.41, 5.74) is 2.08. The Labute approximate surface area is 132 Å². The molecule has 1 N–H and O–H groups in total. The van der Waals surface area contributed by atoms with Crippen LogP contribution in [0.1, 0.15) is 5.56 Å². The fourth-order valence-electron chi connectivity index (χ4n) is 1.77. The van der Waals surface area contributed by atoms with Gasteiger partial charge < -0.3 is 14.8 Å². The fraction of sp³-hybridized carbons (Fsp3) is 0.188. The Morgan fingerprint density at radius 1 is 1.19 bits per heavy atom. The van der Waals surface area contributed by atoms with Gasteiger partial charge in [-0.1, -0.05) is 18.2 Å². The number of hydrogen-bond donors (Lipinski definition) is 1. The number of anilines is 1. The van der Waals surface area contributed by atoms with Crippen molar-refractivity contribution < 1.29 is 9.47 Å². The van der Waals surface area contributed by atoms with Crippen LogP contribution in [0.5, 0.6) is 11.5 Å². The van der Waals surface area contributed by atoms with Gasteiger partial charge in [-0.25, -0.2) is 0 Å². The molecule has 21 heavy (non-hydrogen) atoms. The molecule has 1 unspecified atom stereocenters. The van der Waals surface area contributed by atoms with Crippen molar-refractivity contribution in [3.8, 4) is 17.6 Å². The number of nitrogens with zero attached hydrogens (tertiary/aromatic N) is 1. The van der Waals surface area contributed by atoms with Crippen LogP contribution in [0.25, 0.3) is 0 Å². The minimum atomic E-state index is -0.644. The molecule has 2 aromatic carbocycles. The lowest BCUT2D eigenvalue weighted by Crippen LogP contribution is -2.05. The molecule has 2 rings (SSSR count). The molecule has 0 saturated heterocycles. The summed E-state index contributed by atoms with van der Waals surface area (Å²) >= 11 is 3.11. The first kappa shape index (κ1) is 15.2. The van der Waals surface area contributed by atoms with Gasteiger partial charge >= 0.3 is 0 Å². The van der Waals surface area contributed by atoms with Crippen LogP contribution in [0.3, 0.4) is 0 Å². The number of ether oxygens (including phenoxy) is 2. The minimum absolute atomic E-state index is 0.637. The Morgan fingerprint density at radius 3 is 2.62 bits per heavy atom. The summed E-state index contributed by atoms with van der Waals surface area (Å²) in [5, 5.41) is 11.4. The monoisotopic (exact) mass is 346 g/mol. The lowest BCUT2D eigenvalue weighted by molar-refractivity contribution is 0.344. The molecule has 0 radical (unpaired) electrons. The maximum absolute atomic E-state index is 8.71. The number of halogens is 1. The molecule has 0 heterocycles. The molecule has 0 saturated carbocycles. The zero-order valence-corrected chi connectivity index (χ0v) is 13.1. The number of benzene rings is 2. The summed E-state index contributed by atoms with van der Waals surface area (Å²) in [6.45, 7) is 0.698. The van der Waals surface area contributed by atoms with E-state index < -0.39 is 5.01 Å². The maximum Gasteiger partial charge on any atom is 0.238 e. The third-order valence-corrected chi connectivity index (χ3v) is 3.22. The molecular weight excluding hydrogens is 332 g/mol. The molecule has 108 valence electrons. The van der Waals surface area contributed by atoms with Gasteiger partial charge in [-0.05, 0) is 45.8 Å². The third kappa shape index (κ3) is 4.69. The lowest BCUT2D eigenvalue weighted by Gasteiger charge is -2.10. The highest BCUT2D eigenvalue weighted by atomic mass is 79.9. The number of methoxy groups -OCH3 is 1. The van der Waals surface area contributed by atoms with Crippen LogP contribution in [0.2, 0.25) is 0 Å². The van der Waals surface area contributed by atoms with E-state index >= 15 is 0 Å². The number of rotatable bonds is 6. The number of alkyl halides is 1. The van der Waals surface area contributed by atoms with E-state index in [1.807, 2.05) is 54.6 Å². The molecule has 2 aromatic rings. The van der Waals surface area contributed by atoms with Crippen LogP contribution in [0.15, 0.2) is 48.5 Å². The molecule has 0 aliphatic heterocycles. The molecule has 4 nitrogen and oxygen atoms in total. The largest absolute Gasteiger partial charge is 0.497 e. The summed E-state index contributed by atoms with van der Waals surface area (Å²) in [6, 6.07) is 17.3. The van der Waals surface area contributed by atoms with Crippen molar-refractivity contribution in [3.05, 3.63) is 54.1 Å². The summed E-state index contributed by atoms with van der Waals surface area (Å²) < 4.78 is 10.5.